The van der Waals surface area contributed by atoms with Crippen LogP contribution < -0.4 is 0 Å². The van der Waals surface area contributed by atoms with Crippen molar-refractivity contribution in [3.05, 3.63) is 119 Å². The second-order valence-electron chi connectivity index (χ2n) is 8.03. The van der Waals surface area contributed by atoms with Gasteiger partial charge in [0.2, 0.25) is 0 Å². The highest BCUT2D eigenvalue weighted by Crippen LogP contribution is 2.36. The fraction of sp³-hybridized carbons (Fsp3) is 0.185. The summed E-state index contributed by atoms with van der Waals surface area (Å²) < 4.78 is 0. The van der Waals surface area contributed by atoms with Crippen molar-refractivity contribution >= 4 is 10.9 Å². The topological polar surface area (TPSA) is 19.0 Å². The number of nitrogens with one attached hydrogen (secondary N) is 1. The standard InChI is InChI=1S/C27H26N2/c1-2-22-18-29(17-21-11-7-4-8-12-21)19-25-24(22)13-14-26-27(25)23(16-28-26)15-20-9-5-3-6-10-20/h2-14,16,22,28H,1,15,17-19H2/t22-/m0/s1. The number of benzene rings is 3. The van der Waals surface area contributed by atoms with Gasteiger partial charge in [0.15, 0.2) is 0 Å². The maximum absolute atomic E-state index is 4.15. The van der Waals surface area contributed by atoms with Crippen LogP contribution >= 0.6 is 0 Å². The Morgan fingerprint density at radius 3 is 2.38 bits per heavy atom. The Bertz CT molecular complexity index is 1130. The molecule has 1 aliphatic rings. The molecule has 1 atom stereocenters. The van der Waals surface area contributed by atoms with Gasteiger partial charge in [-0.2, -0.15) is 0 Å². The van der Waals surface area contributed by atoms with E-state index in [4.69, 9.17) is 0 Å². The lowest BCUT2D eigenvalue weighted by Gasteiger charge is -2.34. The number of fused-ring (bicyclic) bond motifs is 3. The molecule has 3 aromatic carbocycles. The van der Waals surface area contributed by atoms with E-state index in [-0.39, 0.29) is 0 Å². The van der Waals surface area contributed by atoms with Crippen LogP contribution in [0, 0.1) is 0 Å². The van der Waals surface area contributed by atoms with Crippen molar-refractivity contribution in [1.29, 1.82) is 0 Å². The zero-order valence-electron chi connectivity index (χ0n) is 16.6. The van der Waals surface area contributed by atoms with E-state index < -0.39 is 0 Å². The molecule has 0 spiro atoms. The van der Waals surface area contributed by atoms with Crippen LogP contribution in [0.25, 0.3) is 10.9 Å². The van der Waals surface area contributed by atoms with Crippen LogP contribution in [0.2, 0.25) is 0 Å². The predicted octanol–water partition coefficient (Wildman–Crippen LogP) is 6.04. The van der Waals surface area contributed by atoms with E-state index in [0.717, 1.165) is 26.1 Å². The Morgan fingerprint density at radius 2 is 1.66 bits per heavy atom. The molecule has 29 heavy (non-hydrogen) atoms. The summed E-state index contributed by atoms with van der Waals surface area (Å²) in [6.07, 6.45) is 5.26. The zero-order chi connectivity index (χ0) is 19.6. The molecule has 1 aliphatic heterocycles. The molecule has 2 heterocycles. The van der Waals surface area contributed by atoms with Gasteiger partial charge in [0.1, 0.15) is 0 Å². The number of hydrogen-bond acceptors (Lipinski definition) is 1. The fourth-order valence-corrected chi connectivity index (χ4v) is 4.69. The second kappa shape index (κ2) is 7.73. The first kappa shape index (κ1) is 18.0. The van der Waals surface area contributed by atoms with Gasteiger partial charge in [-0.3, -0.25) is 4.90 Å². The highest BCUT2D eigenvalue weighted by atomic mass is 15.1. The maximum Gasteiger partial charge on any atom is 0.0460 e. The molecule has 0 fully saturated rings. The molecule has 0 saturated carbocycles. The zero-order valence-corrected chi connectivity index (χ0v) is 16.6. The van der Waals surface area contributed by atoms with E-state index in [1.165, 1.54) is 38.7 Å². The lowest BCUT2D eigenvalue weighted by atomic mass is 9.86. The third-order valence-electron chi connectivity index (χ3n) is 6.08. The summed E-state index contributed by atoms with van der Waals surface area (Å²) in [6, 6.07) is 26.1. The number of nitrogens with zero attached hydrogens (tertiary/aromatic N) is 1. The Hall–Kier alpha value is -3.10. The lowest BCUT2D eigenvalue weighted by molar-refractivity contribution is 0.235. The molecule has 5 rings (SSSR count). The molecular formula is C27H26N2. The van der Waals surface area contributed by atoms with Crippen molar-refractivity contribution in [3.8, 4) is 0 Å². The van der Waals surface area contributed by atoms with Gasteiger partial charge < -0.3 is 4.98 Å². The van der Waals surface area contributed by atoms with Crippen LogP contribution in [-0.2, 0) is 19.5 Å². The number of aromatic amines is 1. The third-order valence-corrected chi connectivity index (χ3v) is 6.08. The van der Waals surface area contributed by atoms with Gasteiger partial charge in [-0.05, 0) is 40.3 Å². The maximum atomic E-state index is 4.15. The molecule has 0 aliphatic carbocycles. The average Bonchev–Trinajstić information content (AvgIpc) is 3.18. The van der Waals surface area contributed by atoms with Gasteiger partial charge in [0, 0.05) is 42.7 Å². The van der Waals surface area contributed by atoms with E-state index in [1.807, 2.05) is 0 Å². The van der Waals surface area contributed by atoms with Crippen LogP contribution in [0.1, 0.15) is 33.7 Å². The molecular weight excluding hydrogens is 352 g/mol. The van der Waals surface area contributed by atoms with Crippen molar-refractivity contribution in [1.82, 2.24) is 9.88 Å². The Morgan fingerprint density at radius 1 is 0.931 bits per heavy atom. The Balaban J connectivity index is 1.55. The van der Waals surface area contributed by atoms with E-state index in [9.17, 15) is 0 Å². The minimum absolute atomic E-state index is 0.367. The van der Waals surface area contributed by atoms with Crippen LogP contribution in [0.4, 0.5) is 0 Å². The van der Waals surface area contributed by atoms with E-state index >= 15 is 0 Å². The summed E-state index contributed by atoms with van der Waals surface area (Å²) in [5, 5.41) is 1.40. The molecule has 0 amide bonds. The molecule has 0 unspecified atom stereocenters. The van der Waals surface area contributed by atoms with Gasteiger partial charge in [-0.15, -0.1) is 6.58 Å². The molecule has 2 nitrogen and oxygen atoms in total. The molecule has 1 N–H and O–H groups in total. The minimum Gasteiger partial charge on any atom is -0.361 e. The van der Waals surface area contributed by atoms with Crippen molar-refractivity contribution in [2.45, 2.75) is 25.4 Å². The van der Waals surface area contributed by atoms with Crippen LogP contribution in [0.3, 0.4) is 0 Å². The predicted molar refractivity (Wildman–Crippen MR) is 121 cm³/mol. The van der Waals surface area contributed by atoms with Gasteiger partial charge in [0.25, 0.3) is 0 Å². The first-order chi connectivity index (χ1) is 14.3. The Kier molecular flexibility index (Phi) is 4.79. The Labute approximate surface area is 172 Å². The largest absolute Gasteiger partial charge is 0.361 e. The minimum atomic E-state index is 0.367. The molecule has 0 bridgehead atoms. The van der Waals surface area contributed by atoms with Gasteiger partial charge >= 0.3 is 0 Å². The second-order valence-corrected chi connectivity index (χ2v) is 8.03. The smallest absolute Gasteiger partial charge is 0.0460 e. The summed E-state index contributed by atoms with van der Waals surface area (Å²) in [7, 11) is 0. The van der Waals surface area contributed by atoms with Crippen LogP contribution in [-0.4, -0.2) is 16.4 Å². The summed E-state index contributed by atoms with van der Waals surface area (Å²) in [6.45, 7) is 7.12. The third kappa shape index (κ3) is 3.52. The van der Waals surface area contributed by atoms with E-state index in [2.05, 4.69) is 102 Å². The first-order valence-corrected chi connectivity index (χ1v) is 10.4. The van der Waals surface area contributed by atoms with Crippen LogP contribution in [0.5, 0.6) is 0 Å². The van der Waals surface area contributed by atoms with E-state index in [1.54, 1.807) is 0 Å². The summed E-state index contributed by atoms with van der Waals surface area (Å²) in [5.41, 5.74) is 8.23. The van der Waals surface area contributed by atoms with Crippen molar-refractivity contribution in [2.24, 2.45) is 0 Å². The van der Waals surface area contributed by atoms with Crippen LogP contribution in [0.15, 0.2) is 91.6 Å². The van der Waals surface area contributed by atoms with Gasteiger partial charge in [-0.25, -0.2) is 0 Å². The van der Waals surface area contributed by atoms with Crippen molar-refractivity contribution < 1.29 is 0 Å². The summed E-state index contributed by atoms with van der Waals surface area (Å²) >= 11 is 0. The van der Waals surface area contributed by atoms with Crippen molar-refractivity contribution in [2.75, 3.05) is 6.54 Å². The number of H-pyrrole nitrogens is 1. The molecule has 0 radical (unpaired) electrons. The molecule has 144 valence electrons. The molecule has 2 heteroatoms. The first-order valence-electron chi connectivity index (χ1n) is 10.4. The quantitative estimate of drug-likeness (QED) is 0.419. The van der Waals surface area contributed by atoms with Crippen molar-refractivity contribution in [3.63, 3.8) is 0 Å². The van der Waals surface area contributed by atoms with Gasteiger partial charge in [0.05, 0.1) is 0 Å². The summed E-state index contributed by atoms with van der Waals surface area (Å²) in [4.78, 5) is 6.07. The van der Waals surface area contributed by atoms with Gasteiger partial charge in [-0.1, -0.05) is 72.8 Å². The highest BCUT2D eigenvalue weighted by Gasteiger charge is 2.26. The number of rotatable bonds is 5. The fourth-order valence-electron chi connectivity index (χ4n) is 4.69. The normalized spacial score (nSPS) is 16.6. The molecule has 4 aromatic rings. The number of aromatic nitrogens is 1. The lowest BCUT2D eigenvalue weighted by Crippen LogP contribution is -2.32. The summed E-state index contributed by atoms with van der Waals surface area (Å²) in [5.74, 6) is 0.367. The monoisotopic (exact) mass is 378 g/mol. The van der Waals surface area contributed by atoms with E-state index in [0.29, 0.717) is 5.92 Å². The number of hydrogen-bond donors (Lipinski definition) is 1. The molecule has 1 aromatic heterocycles. The average molecular weight is 379 g/mol. The SMILES string of the molecule is C=C[C@H]1CN(Cc2ccccc2)Cc2c1ccc1[nH]cc(Cc3ccccc3)c21. The highest BCUT2D eigenvalue weighted by molar-refractivity contribution is 5.88. The molecule has 0 saturated heterocycles.